The SMILES string of the molecule is CCc1nc2c(C(=O)O)cccc2n1CC1(CCO)CC1. The van der Waals surface area contributed by atoms with E-state index in [2.05, 4.69) is 9.55 Å². The molecule has 1 saturated carbocycles. The average molecular weight is 288 g/mol. The normalized spacial score (nSPS) is 16.3. The predicted molar refractivity (Wildman–Crippen MR) is 79.4 cm³/mol. The molecule has 0 amide bonds. The molecule has 5 heteroatoms. The molecule has 0 aliphatic heterocycles. The van der Waals surface area contributed by atoms with E-state index in [9.17, 15) is 15.0 Å². The molecule has 2 N–H and O–H groups in total. The zero-order valence-corrected chi connectivity index (χ0v) is 12.2. The van der Waals surface area contributed by atoms with Crippen LogP contribution in [0.1, 0.15) is 42.4 Å². The molecule has 0 atom stereocenters. The van der Waals surface area contributed by atoms with E-state index in [1.54, 1.807) is 12.1 Å². The summed E-state index contributed by atoms with van der Waals surface area (Å²) in [7, 11) is 0. The third-order valence-electron chi connectivity index (χ3n) is 4.50. The van der Waals surface area contributed by atoms with Gasteiger partial charge >= 0.3 is 5.97 Å². The molecular weight excluding hydrogens is 268 g/mol. The Morgan fingerprint density at radius 3 is 2.76 bits per heavy atom. The third kappa shape index (κ3) is 2.42. The van der Waals surface area contributed by atoms with Gasteiger partial charge in [0.25, 0.3) is 0 Å². The van der Waals surface area contributed by atoms with Crippen LogP contribution in [0.15, 0.2) is 18.2 Å². The van der Waals surface area contributed by atoms with E-state index >= 15 is 0 Å². The van der Waals surface area contributed by atoms with Gasteiger partial charge in [-0.15, -0.1) is 0 Å². The predicted octanol–water partition coefficient (Wildman–Crippen LogP) is 2.46. The molecule has 1 heterocycles. The first kappa shape index (κ1) is 14.1. The number of carbonyl (C=O) groups is 1. The quantitative estimate of drug-likeness (QED) is 0.856. The van der Waals surface area contributed by atoms with Gasteiger partial charge in [-0.2, -0.15) is 0 Å². The zero-order chi connectivity index (χ0) is 15.0. The highest BCUT2D eigenvalue weighted by molar-refractivity contribution is 6.01. The lowest BCUT2D eigenvalue weighted by atomic mass is 10.0. The second-order valence-electron chi connectivity index (χ2n) is 5.92. The number of fused-ring (bicyclic) bond motifs is 1. The summed E-state index contributed by atoms with van der Waals surface area (Å²) in [6, 6.07) is 5.31. The van der Waals surface area contributed by atoms with Crippen molar-refractivity contribution in [1.29, 1.82) is 0 Å². The lowest BCUT2D eigenvalue weighted by Gasteiger charge is -2.17. The Labute approximate surface area is 123 Å². The van der Waals surface area contributed by atoms with E-state index < -0.39 is 5.97 Å². The van der Waals surface area contributed by atoms with E-state index in [1.165, 1.54) is 0 Å². The summed E-state index contributed by atoms with van der Waals surface area (Å²) < 4.78 is 2.14. The fourth-order valence-corrected chi connectivity index (χ4v) is 3.05. The van der Waals surface area contributed by atoms with Crippen molar-refractivity contribution < 1.29 is 15.0 Å². The van der Waals surface area contributed by atoms with Crippen LogP contribution in [0, 0.1) is 5.41 Å². The molecule has 5 nitrogen and oxygen atoms in total. The minimum Gasteiger partial charge on any atom is -0.478 e. The number of aliphatic hydroxyl groups excluding tert-OH is 1. The second-order valence-corrected chi connectivity index (χ2v) is 5.92. The number of imidazole rings is 1. The minimum atomic E-state index is -0.940. The number of nitrogens with zero attached hydrogens (tertiary/aromatic N) is 2. The van der Waals surface area contributed by atoms with E-state index in [-0.39, 0.29) is 17.6 Å². The maximum absolute atomic E-state index is 11.3. The number of rotatable bonds is 6. The largest absolute Gasteiger partial charge is 0.478 e. The van der Waals surface area contributed by atoms with Gasteiger partial charge in [0.1, 0.15) is 11.3 Å². The molecule has 21 heavy (non-hydrogen) atoms. The summed E-state index contributed by atoms with van der Waals surface area (Å²) in [6.07, 6.45) is 3.81. The van der Waals surface area contributed by atoms with Crippen molar-refractivity contribution in [2.45, 2.75) is 39.2 Å². The number of hydrogen-bond donors (Lipinski definition) is 2. The molecule has 1 aliphatic carbocycles. The van der Waals surface area contributed by atoms with Gasteiger partial charge in [-0.1, -0.05) is 13.0 Å². The Hall–Kier alpha value is -1.88. The van der Waals surface area contributed by atoms with Crippen LogP contribution in [0.5, 0.6) is 0 Å². The number of para-hydroxylation sites is 1. The number of aromatic carboxylic acids is 1. The van der Waals surface area contributed by atoms with E-state index in [0.717, 1.165) is 43.6 Å². The fraction of sp³-hybridized carbons (Fsp3) is 0.500. The lowest BCUT2D eigenvalue weighted by molar-refractivity contribution is 0.0699. The van der Waals surface area contributed by atoms with Gasteiger partial charge in [-0.05, 0) is 36.8 Å². The van der Waals surface area contributed by atoms with E-state index in [4.69, 9.17) is 0 Å². The topological polar surface area (TPSA) is 75.3 Å². The van der Waals surface area contributed by atoms with Crippen LogP contribution in [0.3, 0.4) is 0 Å². The molecule has 0 unspecified atom stereocenters. The summed E-state index contributed by atoms with van der Waals surface area (Å²) in [5.41, 5.74) is 1.89. The molecule has 0 spiro atoms. The van der Waals surface area contributed by atoms with Gasteiger partial charge in [0.05, 0.1) is 11.1 Å². The summed E-state index contributed by atoms with van der Waals surface area (Å²) in [6.45, 7) is 3.05. The van der Waals surface area contributed by atoms with Crippen molar-refractivity contribution >= 4 is 17.0 Å². The Balaban J connectivity index is 2.09. The van der Waals surface area contributed by atoms with Crippen molar-refractivity contribution in [2.24, 2.45) is 5.41 Å². The molecule has 0 bridgehead atoms. The number of aromatic nitrogens is 2. The van der Waals surface area contributed by atoms with Crippen molar-refractivity contribution in [3.05, 3.63) is 29.6 Å². The van der Waals surface area contributed by atoms with E-state index in [1.807, 2.05) is 13.0 Å². The molecule has 2 aromatic rings. The number of benzene rings is 1. The van der Waals surface area contributed by atoms with Crippen LogP contribution in [0.4, 0.5) is 0 Å². The van der Waals surface area contributed by atoms with Crippen molar-refractivity contribution in [3.63, 3.8) is 0 Å². The van der Waals surface area contributed by atoms with Crippen LogP contribution >= 0.6 is 0 Å². The van der Waals surface area contributed by atoms with Gasteiger partial charge in [-0.25, -0.2) is 9.78 Å². The van der Waals surface area contributed by atoms with Crippen LogP contribution in [0.2, 0.25) is 0 Å². The number of aryl methyl sites for hydroxylation is 1. The van der Waals surface area contributed by atoms with Crippen molar-refractivity contribution in [3.8, 4) is 0 Å². The lowest BCUT2D eigenvalue weighted by Crippen LogP contribution is -2.15. The molecule has 0 radical (unpaired) electrons. The van der Waals surface area contributed by atoms with Gasteiger partial charge in [0, 0.05) is 19.6 Å². The highest BCUT2D eigenvalue weighted by atomic mass is 16.4. The number of carboxylic acid groups (broad SMARTS) is 1. The Kier molecular flexibility index (Phi) is 3.45. The first-order valence-electron chi connectivity index (χ1n) is 7.42. The highest BCUT2D eigenvalue weighted by Gasteiger charge is 2.42. The summed E-state index contributed by atoms with van der Waals surface area (Å²) in [5.74, 6) is -0.0210. The van der Waals surface area contributed by atoms with Crippen LogP contribution < -0.4 is 0 Å². The average Bonchev–Trinajstić information content (AvgIpc) is 3.13. The van der Waals surface area contributed by atoms with Gasteiger partial charge in [0.2, 0.25) is 0 Å². The van der Waals surface area contributed by atoms with Crippen molar-refractivity contribution in [2.75, 3.05) is 6.61 Å². The maximum Gasteiger partial charge on any atom is 0.337 e. The van der Waals surface area contributed by atoms with Gasteiger partial charge < -0.3 is 14.8 Å². The molecule has 0 saturated heterocycles. The smallest absolute Gasteiger partial charge is 0.337 e. The van der Waals surface area contributed by atoms with E-state index in [0.29, 0.717) is 5.52 Å². The second kappa shape index (κ2) is 5.15. The first-order chi connectivity index (χ1) is 10.1. The molecule has 1 aliphatic rings. The first-order valence-corrected chi connectivity index (χ1v) is 7.42. The maximum atomic E-state index is 11.3. The number of aliphatic hydroxyl groups is 1. The fourth-order valence-electron chi connectivity index (χ4n) is 3.05. The van der Waals surface area contributed by atoms with Gasteiger partial charge in [-0.3, -0.25) is 0 Å². The molecule has 1 aromatic carbocycles. The molecule has 1 aromatic heterocycles. The highest BCUT2D eigenvalue weighted by Crippen LogP contribution is 2.50. The number of hydrogen-bond acceptors (Lipinski definition) is 3. The number of carboxylic acids is 1. The Bertz CT molecular complexity index is 686. The van der Waals surface area contributed by atoms with Gasteiger partial charge in [0.15, 0.2) is 0 Å². The summed E-state index contributed by atoms with van der Waals surface area (Å²) in [5, 5.41) is 18.5. The standard InChI is InChI=1S/C16H20N2O3/c1-2-13-17-14-11(15(20)21)4-3-5-12(14)18(13)10-16(6-7-16)8-9-19/h3-5,19H,2,6-10H2,1H3,(H,20,21). The zero-order valence-electron chi connectivity index (χ0n) is 12.2. The minimum absolute atomic E-state index is 0.172. The summed E-state index contributed by atoms with van der Waals surface area (Å²) in [4.78, 5) is 15.9. The molecular formula is C16H20N2O3. The molecule has 3 rings (SSSR count). The third-order valence-corrected chi connectivity index (χ3v) is 4.50. The Morgan fingerprint density at radius 1 is 1.43 bits per heavy atom. The Morgan fingerprint density at radius 2 is 2.19 bits per heavy atom. The molecule has 112 valence electrons. The van der Waals surface area contributed by atoms with Crippen LogP contribution in [-0.4, -0.2) is 32.3 Å². The summed E-state index contributed by atoms with van der Waals surface area (Å²) >= 11 is 0. The van der Waals surface area contributed by atoms with Crippen LogP contribution in [0.25, 0.3) is 11.0 Å². The monoisotopic (exact) mass is 288 g/mol. The van der Waals surface area contributed by atoms with Crippen molar-refractivity contribution in [1.82, 2.24) is 9.55 Å². The molecule has 1 fully saturated rings. The van der Waals surface area contributed by atoms with Crippen LogP contribution in [-0.2, 0) is 13.0 Å².